The van der Waals surface area contributed by atoms with Gasteiger partial charge in [-0.1, -0.05) is 48.5 Å². The lowest BCUT2D eigenvalue weighted by Gasteiger charge is -2.15. The van der Waals surface area contributed by atoms with Gasteiger partial charge in [0.05, 0.1) is 17.2 Å². The summed E-state index contributed by atoms with van der Waals surface area (Å²) < 4.78 is 52.6. The molecule has 0 aliphatic rings. The molecule has 0 fully saturated rings. The highest BCUT2D eigenvalue weighted by Crippen LogP contribution is 2.38. The maximum Gasteiger partial charge on any atom is 0.417 e. The maximum atomic E-state index is 13.5. The number of halogens is 3. The number of benzene rings is 3. The van der Waals surface area contributed by atoms with Crippen molar-refractivity contribution in [3.05, 3.63) is 96.2 Å². The first-order valence-corrected chi connectivity index (χ1v) is 11.8. The predicted octanol–water partition coefficient (Wildman–Crippen LogP) is 7.68. The van der Waals surface area contributed by atoms with Gasteiger partial charge in [0.15, 0.2) is 5.65 Å². The number of fused-ring (bicyclic) bond motifs is 1. The Morgan fingerprint density at radius 1 is 0.892 bits per heavy atom. The van der Waals surface area contributed by atoms with Crippen molar-refractivity contribution < 1.29 is 22.6 Å². The lowest BCUT2D eigenvalue weighted by Crippen LogP contribution is -2.07. The molecule has 8 heteroatoms. The number of aromatic nitrogens is 3. The van der Waals surface area contributed by atoms with Gasteiger partial charge in [-0.2, -0.15) is 13.2 Å². The summed E-state index contributed by atoms with van der Waals surface area (Å²) in [6, 6.07) is 22.4. The molecule has 0 bridgehead atoms. The maximum absolute atomic E-state index is 13.5. The molecular formula is C29H24F3N3O2. The second-order valence-corrected chi connectivity index (χ2v) is 8.82. The van der Waals surface area contributed by atoms with E-state index >= 15 is 0 Å². The molecule has 2 aromatic heterocycles. The third kappa shape index (κ3) is 5.43. The smallest absolute Gasteiger partial charge is 0.417 e. The summed E-state index contributed by atoms with van der Waals surface area (Å²) in [5.74, 6) is 1.71. The number of imidazole rings is 1. The SMILES string of the molecule is CC(C)Oc1cc(OCc2ccccc2)ccc1-c1nc2cc(-c3ccccc3C(F)(F)F)cnc2[nH]1. The van der Waals surface area contributed by atoms with Gasteiger partial charge in [0.2, 0.25) is 0 Å². The van der Waals surface area contributed by atoms with Crippen LogP contribution in [0, 0.1) is 0 Å². The van der Waals surface area contributed by atoms with E-state index in [1.165, 1.54) is 18.3 Å². The van der Waals surface area contributed by atoms with Crippen LogP contribution in [-0.4, -0.2) is 21.1 Å². The number of rotatable bonds is 7. The van der Waals surface area contributed by atoms with Gasteiger partial charge in [-0.3, -0.25) is 0 Å². The van der Waals surface area contributed by atoms with Crippen LogP contribution >= 0.6 is 0 Å². The molecule has 0 radical (unpaired) electrons. The van der Waals surface area contributed by atoms with Gasteiger partial charge >= 0.3 is 6.18 Å². The molecule has 2 heterocycles. The van der Waals surface area contributed by atoms with Gasteiger partial charge in [0, 0.05) is 17.8 Å². The Morgan fingerprint density at radius 3 is 2.41 bits per heavy atom. The largest absolute Gasteiger partial charge is 0.490 e. The number of alkyl halides is 3. The molecule has 0 spiro atoms. The lowest BCUT2D eigenvalue weighted by molar-refractivity contribution is -0.137. The molecular weight excluding hydrogens is 479 g/mol. The number of nitrogens with one attached hydrogen (secondary N) is 1. The summed E-state index contributed by atoms with van der Waals surface area (Å²) in [6.07, 6.45) is -3.16. The first-order valence-electron chi connectivity index (χ1n) is 11.8. The van der Waals surface area contributed by atoms with Gasteiger partial charge < -0.3 is 14.5 Å². The highest BCUT2D eigenvalue weighted by molar-refractivity contribution is 5.83. The van der Waals surface area contributed by atoms with Crippen molar-refractivity contribution in [3.63, 3.8) is 0 Å². The fraction of sp³-hybridized carbons (Fsp3) is 0.172. The van der Waals surface area contributed by atoms with E-state index in [0.29, 0.717) is 46.2 Å². The number of ether oxygens (including phenoxy) is 2. The first kappa shape index (κ1) is 24.4. The van der Waals surface area contributed by atoms with Gasteiger partial charge in [-0.05, 0) is 49.2 Å². The van der Waals surface area contributed by atoms with Gasteiger partial charge in [-0.15, -0.1) is 0 Å². The lowest BCUT2D eigenvalue weighted by atomic mass is 10.0. The second-order valence-electron chi connectivity index (χ2n) is 8.82. The first-order chi connectivity index (χ1) is 17.8. The Bertz CT molecular complexity index is 1530. The topological polar surface area (TPSA) is 60.0 Å². The minimum atomic E-state index is -4.48. The van der Waals surface area contributed by atoms with Crippen molar-refractivity contribution in [2.45, 2.75) is 32.7 Å². The molecule has 0 saturated heterocycles. The molecule has 37 heavy (non-hydrogen) atoms. The third-order valence-electron chi connectivity index (χ3n) is 5.70. The summed E-state index contributed by atoms with van der Waals surface area (Å²) >= 11 is 0. The fourth-order valence-corrected chi connectivity index (χ4v) is 4.03. The van der Waals surface area contributed by atoms with Crippen LogP contribution in [0.1, 0.15) is 25.0 Å². The number of nitrogens with zero attached hydrogens (tertiary/aromatic N) is 2. The van der Waals surface area contributed by atoms with Crippen LogP contribution in [0.15, 0.2) is 85.1 Å². The van der Waals surface area contributed by atoms with Crippen LogP contribution in [0.4, 0.5) is 13.2 Å². The summed E-state index contributed by atoms with van der Waals surface area (Å²) in [4.78, 5) is 12.1. The van der Waals surface area contributed by atoms with Crippen LogP contribution in [0.25, 0.3) is 33.7 Å². The summed E-state index contributed by atoms with van der Waals surface area (Å²) in [6.45, 7) is 4.26. The average molecular weight is 504 g/mol. The van der Waals surface area contributed by atoms with Crippen molar-refractivity contribution in [1.29, 1.82) is 0 Å². The van der Waals surface area contributed by atoms with E-state index in [1.807, 2.05) is 62.4 Å². The zero-order valence-corrected chi connectivity index (χ0v) is 20.2. The third-order valence-corrected chi connectivity index (χ3v) is 5.70. The molecule has 0 saturated carbocycles. The van der Waals surface area contributed by atoms with Crippen LogP contribution in [0.2, 0.25) is 0 Å². The van der Waals surface area contributed by atoms with Crippen molar-refractivity contribution in [1.82, 2.24) is 15.0 Å². The van der Waals surface area contributed by atoms with E-state index in [2.05, 4.69) is 15.0 Å². The zero-order valence-electron chi connectivity index (χ0n) is 20.2. The molecule has 1 N–H and O–H groups in total. The number of H-pyrrole nitrogens is 1. The Kier molecular flexibility index (Phi) is 6.56. The minimum Gasteiger partial charge on any atom is -0.490 e. The summed E-state index contributed by atoms with van der Waals surface area (Å²) in [5.41, 5.74) is 2.32. The molecule has 0 atom stereocenters. The van der Waals surface area contributed by atoms with Crippen LogP contribution in [0.3, 0.4) is 0 Å². The number of hydrogen-bond donors (Lipinski definition) is 1. The Labute approximate surface area is 211 Å². The van der Waals surface area contributed by atoms with E-state index in [0.717, 1.165) is 11.6 Å². The van der Waals surface area contributed by atoms with Gasteiger partial charge in [0.25, 0.3) is 0 Å². The van der Waals surface area contributed by atoms with Gasteiger partial charge in [-0.25, -0.2) is 9.97 Å². The fourth-order valence-electron chi connectivity index (χ4n) is 4.03. The van der Waals surface area contributed by atoms with Crippen molar-refractivity contribution in [3.8, 4) is 34.0 Å². The predicted molar refractivity (Wildman–Crippen MR) is 136 cm³/mol. The van der Waals surface area contributed by atoms with Crippen LogP contribution < -0.4 is 9.47 Å². The minimum absolute atomic E-state index is 0.0534. The molecule has 0 aliphatic carbocycles. The highest BCUT2D eigenvalue weighted by atomic mass is 19.4. The second kappa shape index (κ2) is 9.97. The van der Waals surface area contributed by atoms with Crippen molar-refractivity contribution in [2.24, 2.45) is 0 Å². The highest BCUT2D eigenvalue weighted by Gasteiger charge is 2.33. The van der Waals surface area contributed by atoms with Gasteiger partial charge in [0.1, 0.15) is 29.4 Å². The number of aromatic amines is 1. The molecule has 188 valence electrons. The van der Waals surface area contributed by atoms with Crippen molar-refractivity contribution >= 4 is 11.2 Å². The van der Waals surface area contributed by atoms with Crippen molar-refractivity contribution in [2.75, 3.05) is 0 Å². The monoisotopic (exact) mass is 503 g/mol. The number of hydrogen-bond acceptors (Lipinski definition) is 4. The molecule has 5 nitrogen and oxygen atoms in total. The summed E-state index contributed by atoms with van der Waals surface area (Å²) in [7, 11) is 0. The van der Waals surface area contributed by atoms with E-state index in [4.69, 9.17) is 9.47 Å². The molecule has 0 aliphatic heterocycles. The molecule has 0 amide bonds. The Balaban J connectivity index is 1.49. The normalized spacial score (nSPS) is 11.7. The van der Waals surface area contributed by atoms with E-state index in [9.17, 15) is 13.2 Å². The molecule has 5 rings (SSSR count). The quantitative estimate of drug-likeness (QED) is 0.248. The Morgan fingerprint density at radius 2 is 1.65 bits per heavy atom. The Hall–Kier alpha value is -4.33. The van der Waals surface area contributed by atoms with Crippen LogP contribution in [0.5, 0.6) is 11.5 Å². The standard InChI is InChI=1S/C29H24F3N3O2/c1-18(2)37-26-15-21(36-17-19-8-4-3-5-9-19)12-13-23(26)27-34-25-14-20(16-33-28(25)35-27)22-10-6-7-11-24(22)29(30,31)32/h3-16,18H,17H2,1-2H3,(H,33,34,35). The van der Waals surface area contributed by atoms with E-state index in [-0.39, 0.29) is 11.7 Å². The zero-order chi connectivity index (χ0) is 26.0. The molecule has 3 aromatic carbocycles. The number of pyridine rings is 1. The van der Waals surface area contributed by atoms with E-state index < -0.39 is 11.7 Å². The summed E-state index contributed by atoms with van der Waals surface area (Å²) in [5, 5.41) is 0. The van der Waals surface area contributed by atoms with Crippen LogP contribution in [-0.2, 0) is 12.8 Å². The van der Waals surface area contributed by atoms with E-state index in [1.54, 1.807) is 12.1 Å². The average Bonchev–Trinajstić information content (AvgIpc) is 3.30. The molecule has 5 aromatic rings. The molecule has 0 unspecified atom stereocenters.